The van der Waals surface area contributed by atoms with E-state index in [0.717, 1.165) is 18.9 Å². The number of amides is 1. The molecule has 138 valence electrons. The number of nitrogens with one attached hydrogen (secondary N) is 2. The minimum absolute atomic E-state index is 0. The van der Waals surface area contributed by atoms with E-state index < -0.39 is 0 Å². The van der Waals surface area contributed by atoms with Gasteiger partial charge in [-0.15, -0.1) is 24.0 Å². The lowest BCUT2D eigenvalue weighted by molar-refractivity contribution is 0.0954. The zero-order valence-electron chi connectivity index (χ0n) is 14.5. The maximum atomic E-state index is 12.1. The van der Waals surface area contributed by atoms with Crippen LogP contribution in [0.2, 0.25) is 5.02 Å². The third-order valence-electron chi connectivity index (χ3n) is 4.15. The van der Waals surface area contributed by atoms with Crippen LogP contribution >= 0.6 is 35.6 Å². The second-order valence-corrected chi connectivity index (χ2v) is 6.20. The molecule has 2 aromatic carbocycles. The molecule has 0 aliphatic carbocycles. The smallest absolute Gasteiger partial charge is 0.251 e. The van der Waals surface area contributed by atoms with E-state index in [1.165, 1.54) is 11.3 Å². The van der Waals surface area contributed by atoms with Gasteiger partial charge in [0.05, 0.1) is 0 Å². The van der Waals surface area contributed by atoms with Crippen LogP contribution in [0, 0.1) is 0 Å². The van der Waals surface area contributed by atoms with Gasteiger partial charge in [-0.1, -0.05) is 29.8 Å². The van der Waals surface area contributed by atoms with Gasteiger partial charge in [0.15, 0.2) is 5.96 Å². The highest BCUT2D eigenvalue weighted by molar-refractivity contribution is 14.0. The van der Waals surface area contributed by atoms with Crippen molar-refractivity contribution in [3.63, 3.8) is 0 Å². The largest absolute Gasteiger partial charge is 0.354 e. The second-order valence-electron chi connectivity index (χ2n) is 5.77. The summed E-state index contributed by atoms with van der Waals surface area (Å²) in [5.41, 5.74) is 3.13. The molecule has 1 aliphatic heterocycles. The van der Waals surface area contributed by atoms with Crippen LogP contribution in [0.25, 0.3) is 0 Å². The van der Waals surface area contributed by atoms with E-state index in [0.29, 0.717) is 23.7 Å². The summed E-state index contributed by atoms with van der Waals surface area (Å²) in [6, 6.07) is 15.2. The molecule has 0 saturated heterocycles. The van der Waals surface area contributed by atoms with Gasteiger partial charge in [0.2, 0.25) is 0 Å². The maximum Gasteiger partial charge on any atom is 0.251 e. The third-order valence-corrected chi connectivity index (χ3v) is 4.41. The zero-order chi connectivity index (χ0) is 17.6. The molecule has 0 saturated carbocycles. The SMILES string of the molecule is CN=C(NCCNC(=O)c1ccc(Cl)cc1)N1CCc2ccccc21.I. The van der Waals surface area contributed by atoms with Gasteiger partial charge in [0.25, 0.3) is 5.91 Å². The van der Waals surface area contributed by atoms with Crippen molar-refractivity contribution in [2.75, 3.05) is 31.6 Å². The minimum atomic E-state index is -0.111. The number of guanidine groups is 1. The number of benzene rings is 2. The normalized spacial score (nSPS) is 13.0. The van der Waals surface area contributed by atoms with Crippen molar-refractivity contribution in [2.24, 2.45) is 4.99 Å². The summed E-state index contributed by atoms with van der Waals surface area (Å²) >= 11 is 5.83. The molecule has 1 heterocycles. The van der Waals surface area contributed by atoms with Gasteiger partial charge < -0.3 is 15.5 Å². The molecule has 0 unspecified atom stereocenters. The van der Waals surface area contributed by atoms with Crippen molar-refractivity contribution in [1.82, 2.24) is 10.6 Å². The first-order valence-corrected chi connectivity index (χ1v) is 8.66. The van der Waals surface area contributed by atoms with Gasteiger partial charge in [0.1, 0.15) is 0 Å². The van der Waals surface area contributed by atoms with Crippen LogP contribution < -0.4 is 15.5 Å². The van der Waals surface area contributed by atoms with Crippen LogP contribution in [0.3, 0.4) is 0 Å². The standard InChI is InChI=1S/C19H21ClN4O.HI/c1-21-19(24-13-10-14-4-2-3-5-17(14)24)23-12-11-22-18(25)15-6-8-16(20)9-7-15;/h2-9H,10-13H2,1H3,(H,21,23)(H,22,25);1H. The molecule has 1 aliphatic rings. The number of anilines is 1. The number of aliphatic imine (C=N–C) groups is 1. The van der Waals surface area contributed by atoms with E-state index in [4.69, 9.17) is 11.6 Å². The number of halogens is 2. The van der Waals surface area contributed by atoms with E-state index in [-0.39, 0.29) is 29.9 Å². The first-order chi connectivity index (χ1) is 12.2. The predicted molar refractivity (Wildman–Crippen MR) is 118 cm³/mol. The Hall–Kier alpha value is -1.80. The fraction of sp³-hybridized carbons (Fsp3) is 0.263. The topological polar surface area (TPSA) is 56.7 Å². The number of rotatable bonds is 4. The molecule has 2 aromatic rings. The van der Waals surface area contributed by atoms with Crippen molar-refractivity contribution in [2.45, 2.75) is 6.42 Å². The van der Waals surface area contributed by atoms with Crippen LogP contribution in [-0.2, 0) is 6.42 Å². The number of hydrogen-bond donors (Lipinski definition) is 2. The molecule has 0 aromatic heterocycles. The second kappa shape index (κ2) is 9.78. The molecule has 1 amide bonds. The Balaban J connectivity index is 0.00000243. The molecule has 3 rings (SSSR count). The van der Waals surface area contributed by atoms with E-state index >= 15 is 0 Å². The van der Waals surface area contributed by atoms with Gasteiger partial charge in [-0.05, 0) is 42.3 Å². The Morgan fingerprint density at radius 3 is 2.54 bits per heavy atom. The summed E-state index contributed by atoms with van der Waals surface area (Å²) < 4.78 is 0. The van der Waals surface area contributed by atoms with Crippen molar-refractivity contribution in [1.29, 1.82) is 0 Å². The van der Waals surface area contributed by atoms with Crippen LogP contribution in [0.1, 0.15) is 15.9 Å². The molecule has 26 heavy (non-hydrogen) atoms. The number of hydrogen-bond acceptors (Lipinski definition) is 2. The number of carbonyl (C=O) groups is 1. The summed E-state index contributed by atoms with van der Waals surface area (Å²) in [5, 5.41) is 6.82. The van der Waals surface area contributed by atoms with Gasteiger partial charge in [-0.3, -0.25) is 9.79 Å². The van der Waals surface area contributed by atoms with E-state index in [9.17, 15) is 4.79 Å². The Labute approximate surface area is 175 Å². The number of para-hydroxylation sites is 1. The van der Waals surface area contributed by atoms with Crippen molar-refractivity contribution < 1.29 is 4.79 Å². The average molecular weight is 485 g/mol. The molecule has 7 heteroatoms. The van der Waals surface area contributed by atoms with E-state index in [1.54, 1.807) is 31.3 Å². The molecule has 5 nitrogen and oxygen atoms in total. The van der Waals surface area contributed by atoms with Crippen LogP contribution in [-0.4, -0.2) is 38.5 Å². The highest BCUT2D eigenvalue weighted by Gasteiger charge is 2.22. The van der Waals surface area contributed by atoms with Crippen LogP contribution in [0.4, 0.5) is 5.69 Å². The summed E-state index contributed by atoms with van der Waals surface area (Å²) in [6.45, 7) is 2.02. The fourth-order valence-electron chi connectivity index (χ4n) is 2.91. The average Bonchev–Trinajstić information content (AvgIpc) is 3.06. The number of carbonyl (C=O) groups excluding carboxylic acids is 1. The molecule has 0 fully saturated rings. The molecular weight excluding hydrogens is 463 g/mol. The quantitative estimate of drug-likeness (QED) is 0.303. The van der Waals surface area contributed by atoms with Gasteiger partial charge >= 0.3 is 0 Å². The summed E-state index contributed by atoms with van der Waals surface area (Å²) in [4.78, 5) is 18.6. The Bertz CT molecular complexity index is 779. The first kappa shape index (κ1) is 20.5. The van der Waals surface area contributed by atoms with Crippen molar-refractivity contribution >= 4 is 53.1 Å². The highest BCUT2D eigenvalue weighted by Crippen LogP contribution is 2.27. The minimum Gasteiger partial charge on any atom is -0.354 e. The van der Waals surface area contributed by atoms with Crippen LogP contribution in [0.5, 0.6) is 0 Å². The van der Waals surface area contributed by atoms with E-state index in [1.807, 2.05) is 6.07 Å². The maximum absolute atomic E-state index is 12.1. The van der Waals surface area contributed by atoms with Gasteiger partial charge in [-0.25, -0.2) is 0 Å². The zero-order valence-corrected chi connectivity index (χ0v) is 17.6. The molecular formula is C19H22ClIN4O. The fourth-order valence-corrected chi connectivity index (χ4v) is 3.03. The molecule has 2 N–H and O–H groups in total. The summed E-state index contributed by atoms with van der Waals surface area (Å²) in [7, 11) is 1.77. The Morgan fingerprint density at radius 2 is 1.81 bits per heavy atom. The first-order valence-electron chi connectivity index (χ1n) is 8.29. The molecule has 0 bridgehead atoms. The predicted octanol–water partition coefficient (Wildman–Crippen LogP) is 3.33. The van der Waals surface area contributed by atoms with Crippen molar-refractivity contribution in [3.05, 3.63) is 64.7 Å². The lowest BCUT2D eigenvalue weighted by Crippen LogP contribution is -2.43. The monoisotopic (exact) mass is 484 g/mol. The molecule has 0 radical (unpaired) electrons. The van der Waals surface area contributed by atoms with E-state index in [2.05, 4.69) is 38.7 Å². The van der Waals surface area contributed by atoms with Crippen LogP contribution in [0.15, 0.2) is 53.5 Å². The summed E-state index contributed by atoms with van der Waals surface area (Å²) in [6.07, 6.45) is 1.02. The molecule has 0 spiro atoms. The Morgan fingerprint density at radius 1 is 1.12 bits per heavy atom. The molecule has 0 atom stereocenters. The number of fused-ring (bicyclic) bond motifs is 1. The Kier molecular flexibility index (Phi) is 7.71. The lowest BCUT2D eigenvalue weighted by atomic mass is 10.2. The third kappa shape index (κ3) is 4.88. The number of nitrogens with zero attached hydrogens (tertiary/aromatic N) is 2. The lowest BCUT2D eigenvalue weighted by Gasteiger charge is -2.22. The van der Waals surface area contributed by atoms with Gasteiger partial charge in [-0.2, -0.15) is 0 Å². The van der Waals surface area contributed by atoms with Gasteiger partial charge in [0, 0.05) is 43.0 Å². The summed E-state index contributed by atoms with van der Waals surface area (Å²) in [5.74, 6) is 0.714. The highest BCUT2D eigenvalue weighted by atomic mass is 127. The van der Waals surface area contributed by atoms with Crippen molar-refractivity contribution in [3.8, 4) is 0 Å².